The number of carbonyl (C=O) groups excluding carboxylic acids is 2. The molecule has 1 fully saturated rings. The lowest BCUT2D eigenvalue weighted by atomic mass is 9.83. The minimum atomic E-state index is -3.60. The average Bonchev–Trinajstić information content (AvgIpc) is 3.35. The fourth-order valence-corrected chi connectivity index (χ4v) is 6.82. The number of hydrogen-bond acceptors (Lipinski definition) is 6. The number of halogens is 1. The first-order valence-electron chi connectivity index (χ1n) is 9.74. The first kappa shape index (κ1) is 22.0. The number of hydrogen-bond donors (Lipinski definition) is 1. The second-order valence-corrected chi connectivity index (χ2v) is 11.1. The van der Waals surface area contributed by atoms with Crippen LogP contribution in [0.3, 0.4) is 0 Å². The van der Waals surface area contributed by atoms with Gasteiger partial charge < -0.3 is 10.1 Å². The minimum absolute atomic E-state index is 0.159. The van der Waals surface area contributed by atoms with Gasteiger partial charge in [-0.2, -0.15) is 4.31 Å². The Morgan fingerprint density at radius 1 is 1.26 bits per heavy atom. The van der Waals surface area contributed by atoms with Gasteiger partial charge in [-0.25, -0.2) is 13.2 Å². The molecular weight excluding hydrogens is 460 g/mol. The zero-order valence-electron chi connectivity index (χ0n) is 16.8. The van der Waals surface area contributed by atoms with Crippen molar-refractivity contribution in [2.45, 2.75) is 36.1 Å². The molecule has 4 rings (SSSR count). The molecule has 0 unspecified atom stereocenters. The molecule has 31 heavy (non-hydrogen) atoms. The summed E-state index contributed by atoms with van der Waals surface area (Å²) >= 11 is 7.16. The maximum Gasteiger partial charge on any atom is 0.335 e. The van der Waals surface area contributed by atoms with E-state index in [1.165, 1.54) is 4.31 Å². The largest absolute Gasteiger partial charge is 0.450 e. The molecule has 0 atom stereocenters. The van der Waals surface area contributed by atoms with E-state index in [2.05, 4.69) is 5.32 Å². The summed E-state index contributed by atoms with van der Waals surface area (Å²) < 4.78 is 32.9. The van der Waals surface area contributed by atoms with Crippen LogP contribution in [-0.2, 0) is 30.9 Å². The van der Waals surface area contributed by atoms with Gasteiger partial charge in [-0.1, -0.05) is 29.8 Å². The highest BCUT2D eigenvalue weighted by Gasteiger charge is 2.52. The Morgan fingerprint density at radius 2 is 2.00 bits per heavy atom. The van der Waals surface area contributed by atoms with Crippen LogP contribution >= 0.6 is 22.9 Å². The van der Waals surface area contributed by atoms with Gasteiger partial charge in [0, 0.05) is 43.1 Å². The van der Waals surface area contributed by atoms with E-state index < -0.39 is 27.5 Å². The molecule has 164 valence electrons. The van der Waals surface area contributed by atoms with Crippen molar-refractivity contribution in [3.8, 4) is 0 Å². The summed E-state index contributed by atoms with van der Waals surface area (Å²) in [6.45, 7) is 2.14. The summed E-state index contributed by atoms with van der Waals surface area (Å²) in [6, 6.07) is 10.4. The normalized spacial score (nSPS) is 19.0. The molecule has 2 aliphatic heterocycles. The summed E-state index contributed by atoms with van der Waals surface area (Å²) in [4.78, 5) is 25.4. The number of nitrogens with one attached hydrogen (secondary N) is 1. The van der Waals surface area contributed by atoms with Crippen molar-refractivity contribution in [2.75, 3.05) is 13.1 Å². The van der Waals surface area contributed by atoms with Crippen molar-refractivity contribution in [1.82, 2.24) is 9.62 Å². The molecule has 0 saturated carbocycles. The summed E-state index contributed by atoms with van der Waals surface area (Å²) in [7, 11) is -3.60. The second-order valence-electron chi connectivity index (χ2n) is 7.53. The number of nitrogens with zero attached hydrogens (tertiary/aromatic N) is 1. The summed E-state index contributed by atoms with van der Waals surface area (Å²) in [5.74, 6) is -0.930. The van der Waals surface area contributed by atoms with Crippen LogP contribution in [0.2, 0.25) is 5.02 Å². The number of amides is 1. The van der Waals surface area contributed by atoms with Crippen LogP contribution in [0.5, 0.6) is 0 Å². The zero-order chi connectivity index (χ0) is 22.2. The lowest BCUT2D eigenvalue weighted by Crippen LogP contribution is -2.50. The van der Waals surface area contributed by atoms with Crippen molar-refractivity contribution in [3.63, 3.8) is 0 Å². The van der Waals surface area contributed by atoms with E-state index in [0.29, 0.717) is 5.02 Å². The van der Waals surface area contributed by atoms with E-state index in [9.17, 15) is 18.0 Å². The average molecular weight is 481 g/mol. The van der Waals surface area contributed by atoms with Gasteiger partial charge in [-0.15, -0.1) is 11.3 Å². The summed E-state index contributed by atoms with van der Waals surface area (Å²) in [5, 5.41) is 5.12. The molecule has 1 spiro atoms. The monoisotopic (exact) mass is 480 g/mol. The molecular formula is C21H21ClN2O5S2. The van der Waals surface area contributed by atoms with E-state index in [0.717, 1.165) is 16.9 Å². The number of esters is 1. The molecule has 1 amide bonds. The van der Waals surface area contributed by atoms with E-state index in [1.54, 1.807) is 42.6 Å². The molecule has 0 bridgehead atoms. The number of carbonyl (C=O) groups is 2. The van der Waals surface area contributed by atoms with Gasteiger partial charge >= 0.3 is 5.97 Å². The number of rotatable bonds is 5. The fraction of sp³-hybridized carbons (Fsp3) is 0.333. The number of piperidine rings is 1. The summed E-state index contributed by atoms with van der Waals surface area (Å²) in [6.07, 6.45) is 0.446. The number of sulfonamides is 1. The van der Waals surface area contributed by atoms with Gasteiger partial charge in [0.25, 0.3) is 15.9 Å². The number of benzene rings is 1. The Kier molecular flexibility index (Phi) is 5.95. The first-order valence-corrected chi connectivity index (χ1v) is 12.4. The van der Waals surface area contributed by atoms with Gasteiger partial charge in [0.1, 0.15) is 9.81 Å². The van der Waals surface area contributed by atoms with Gasteiger partial charge in [-0.3, -0.25) is 4.79 Å². The third kappa shape index (κ3) is 4.15. The lowest BCUT2D eigenvalue weighted by Gasteiger charge is -2.38. The maximum absolute atomic E-state index is 13.0. The molecule has 1 aromatic carbocycles. The molecule has 10 heteroatoms. The van der Waals surface area contributed by atoms with E-state index >= 15 is 0 Å². The highest BCUT2D eigenvalue weighted by molar-refractivity contribution is 7.91. The predicted molar refractivity (Wildman–Crippen MR) is 117 cm³/mol. The van der Waals surface area contributed by atoms with Gasteiger partial charge in [0.05, 0.1) is 5.57 Å². The topological polar surface area (TPSA) is 92.8 Å². The third-order valence-corrected chi connectivity index (χ3v) is 9.12. The molecule has 3 heterocycles. The maximum atomic E-state index is 13.0. The standard InChI is InChI=1S/C21H21ClN2O5S2/c1-14-18(19(25)23-13-15-4-2-5-16(22)12-15)21(29-20(14)26)7-9-24(10-8-21)31(27,28)17-6-3-11-30-17/h2-6,11-12H,7-10,13H2,1H3,(H,23,25). The van der Waals surface area contributed by atoms with Crippen LogP contribution in [0.15, 0.2) is 57.1 Å². The SMILES string of the molecule is CC1=C(C(=O)NCc2cccc(Cl)c2)C2(CCN(S(=O)(=O)c3cccs3)CC2)OC1=O. The predicted octanol–water partition coefficient (Wildman–Crippen LogP) is 3.11. The van der Waals surface area contributed by atoms with Crippen LogP contribution < -0.4 is 5.32 Å². The van der Waals surface area contributed by atoms with Crippen LogP contribution in [-0.4, -0.2) is 43.3 Å². The molecule has 0 radical (unpaired) electrons. The van der Waals surface area contributed by atoms with Crippen molar-refractivity contribution < 1.29 is 22.7 Å². The molecule has 0 aliphatic carbocycles. The fourth-order valence-electron chi connectivity index (χ4n) is 4.02. The Bertz CT molecular complexity index is 1150. The molecule has 1 N–H and O–H groups in total. The molecule has 2 aliphatic rings. The third-order valence-electron chi connectivity index (χ3n) is 5.61. The van der Waals surface area contributed by atoms with Crippen molar-refractivity contribution in [1.29, 1.82) is 0 Å². The molecule has 1 saturated heterocycles. The van der Waals surface area contributed by atoms with Crippen LogP contribution in [0.4, 0.5) is 0 Å². The number of thiophene rings is 1. The highest BCUT2D eigenvalue weighted by Crippen LogP contribution is 2.42. The second kappa shape index (κ2) is 8.38. The Morgan fingerprint density at radius 3 is 2.65 bits per heavy atom. The molecule has 1 aromatic heterocycles. The first-order chi connectivity index (χ1) is 14.7. The van der Waals surface area contributed by atoms with Gasteiger partial charge in [0.2, 0.25) is 0 Å². The van der Waals surface area contributed by atoms with Crippen molar-refractivity contribution in [3.05, 3.63) is 63.5 Å². The van der Waals surface area contributed by atoms with Crippen LogP contribution in [0.1, 0.15) is 25.3 Å². The van der Waals surface area contributed by atoms with E-state index in [1.807, 2.05) is 6.07 Å². The number of ether oxygens (including phenoxy) is 1. The smallest absolute Gasteiger partial charge is 0.335 e. The van der Waals surface area contributed by atoms with Crippen molar-refractivity contribution in [2.24, 2.45) is 0 Å². The quantitative estimate of drug-likeness (QED) is 0.664. The summed E-state index contributed by atoms with van der Waals surface area (Å²) in [5.41, 5.74) is 0.266. The van der Waals surface area contributed by atoms with Gasteiger partial charge in [0.15, 0.2) is 0 Å². The Hall–Kier alpha value is -2.20. The molecule has 2 aromatic rings. The zero-order valence-corrected chi connectivity index (χ0v) is 19.1. The van der Waals surface area contributed by atoms with E-state index in [-0.39, 0.29) is 47.8 Å². The minimum Gasteiger partial charge on any atom is -0.450 e. The van der Waals surface area contributed by atoms with Crippen LogP contribution in [0.25, 0.3) is 0 Å². The Balaban J connectivity index is 1.50. The van der Waals surface area contributed by atoms with Gasteiger partial charge in [-0.05, 0) is 36.1 Å². The van der Waals surface area contributed by atoms with E-state index in [4.69, 9.17) is 16.3 Å². The van der Waals surface area contributed by atoms with Crippen LogP contribution in [0, 0.1) is 0 Å². The van der Waals surface area contributed by atoms with Crippen molar-refractivity contribution >= 4 is 44.8 Å². The Labute approximate surface area is 189 Å². The lowest BCUT2D eigenvalue weighted by molar-refractivity contribution is -0.150. The highest BCUT2D eigenvalue weighted by atomic mass is 35.5. The molecule has 7 nitrogen and oxygen atoms in total.